The van der Waals surface area contributed by atoms with Crippen LogP contribution in [0.15, 0.2) is 4.52 Å². The first-order valence-corrected chi connectivity index (χ1v) is 6.33. The van der Waals surface area contributed by atoms with Crippen molar-refractivity contribution in [2.45, 2.75) is 32.2 Å². The van der Waals surface area contributed by atoms with Crippen molar-refractivity contribution in [2.75, 3.05) is 11.9 Å². The summed E-state index contributed by atoms with van der Waals surface area (Å²) in [5, 5.41) is 4.78. The van der Waals surface area contributed by atoms with E-state index in [4.69, 9.17) is 4.52 Å². The van der Waals surface area contributed by atoms with Crippen molar-refractivity contribution in [3.8, 4) is 0 Å². The van der Waals surface area contributed by atoms with Gasteiger partial charge < -0.3 is 9.42 Å². The Hall–Kier alpha value is -1.50. The molecule has 0 unspecified atom stereocenters. The molecule has 2 heterocycles. The SMILES string of the molecule is Cc1nc(CN(C)c2nc(C3CC3)ns2)no1. The first kappa shape index (κ1) is 10.6. The molecule has 1 aliphatic rings. The van der Waals surface area contributed by atoms with Crippen LogP contribution in [0.4, 0.5) is 5.13 Å². The van der Waals surface area contributed by atoms with E-state index in [1.165, 1.54) is 24.4 Å². The highest BCUT2D eigenvalue weighted by Gasteiger charge is 2.28. The van der Waals surface area contributed by atoms with E-state index in [1.54, 1.807) is 6.92 Å². The molecule has 0 spiro atoms. The minimum absolute atomic E-state index is 0.587. The van der Waals surface area contributed by atoms with Crippen molar-refractivity contribution in [3.05, 3.63) is 17.5 Å². The summed E-state index contributed by atoms with van der Waals surface area (Å²) in [6, 6.07) is 0. The third-order valence-corrected chi connectivity index (χ3v) is 3.49. The highest BCUT2D eigenvalue weighted by atomic mass is 32.1. The van der Waals surface area contributed by atoms with Gasteiger partial charge >= 0.3 is 0 Å². The van der Waals surface area contributed by atoms with Crippen LogP contribution in [0.2, 0.25) is 0 Å². The lowest BCUT2D eigenvalue weighted by Crippen LogP contribution is -2.17. The predicted molar refractivity (Wildman–Crippen MR) is 63.0 cm³/mol. The summed E-state index contributed by atoms with van der Waals surface area (Å²) in [6.07, 6.45) is 2.45. The van der Waals surface area contributed by atoms with E-state index >= 15 is 0 Å². The van der Waals surface area contributed by atoms with Gasteiger partial charge in [0.1, 0.15) is 5.82 Å². The predicted octanol–water partition coefficient (Wildman–Crippen LogP) is 1.74. The number of aromatic nitrogens is 4. The fourth-order valence-electron chi connectivity index (χ4n) is 1.57. The van der Waals surface area contributed by atoms with Crippen LogP contribution in [0, 0.1) is 6.92 Å². The second kappa shape index (κ2) is 4.06. The van der Waals surface area contributed by atoms with Gasteiger partial charge in [0.25, 0.3) is 0 Å². The van der Waals surface area contributed by atoms with Crippen LogP contribution in [-0.4, -0.2) is 26.5 Å². The molecule has 90 valence electrons. The summed E-state index contributed by atoms with van der Waals surface area (Å²) < 4.78 is 9.31. The Morgan fingerprint density at radius 1 is 1.41 bits per heavy atom. The molecule has 0 aromatic carbocycles. The lowest BCUT2D eigenvalue weighted by Gasteiger charge is -2.11. The molecule has 2 aromatic heterocycles. The Kier molecular flexibility index (Phi) is 2.54. The lowest BCUT2D eigenvalue weighted by atomic mass is 10.4. The molecule has 17 heavy (non-hydrogen) atoms. The molecule has 0 radical (unpaired) electrons. The van der Waals surface area contributed by atoms with Crippen molar-refractivity contribution in [1.82, 2.24) is 19.5 Å². The van der Waals surface area contributed by atoms with Crippen LogP contribution in [0.3, 0.4) is 0 Å². The first-order valence-electron chi connectivity index (χ1n) is 5.56. The van der Waals surface area contributed by atoms with Gasteiger partial charge in [-0.1, -0.05) is 5.16 Å². The first-order chi connectivity index (χ1) is 8.22. The zero-order valence-corrected chi connectivity index (χ0v) is 10.6. The van der Waals surface area contributed by atoms with Gasteiger partial charge in [-0.2, -0.15) is 9.36 Å². The molecular weight excluding hydrogens is 238 g/mol. The van der Waals surface area contributed by atoms with Gasteiger partial charge in [0.2, 0.25) is 11.0 Å². The van der Waals surface area contributed by atoms with Gasteiger partial charge in [0.05, 0.1) is 6.54 Å². The number of hydrogen-bond donors (Lipinski definition) is 0. The quantitative estimate of drug-likeness (QED) is 0.824. The molecular formula is C10H13N5OS. The average molecular weight is 251 g/mol. The fourth-order valence-corrected chi connectivity index (χ4v) is 2.28. The molecule has 0 amide bonds. The van der Waals surface area contributed by atoms with Crippen LogP contribution in [0.1, 0.15) is 36.3 Å². The van der Waals surface area contributed by atoms with Gasteiger partial charge in [0.15, 0.2) is 5.82 Å². The number of hydrogen-bond acceptors (Lipinski definition) is 7. The van der Waals surface area contributed by atoms with E-state index in [9.17, 15) is 0 Å². The Bertz CT molecular complexity index is 518. The Labute approximate surface area is 103 Å². The van der Waals surface area contributed by atoms with Crippen molar-refractivity contribution < 1.29 is 4.52 Å². The van der Waals surface area contributed by atoms with Crippen LogP contribution >= 0.6 is 11.5 Å². The van der Waals surface area contributed by atoms with Gasteiger partial charge in [-0.3, -0.25) is 0 Å². The third-order valence-electron chi connectivity index (χ3n) is 2.65. The number of nitrogens with zero attached hydrogens (tertiary/aromatic N) is 5. The van der Waals surface area contributed by atoms with E-state index in [0.717, 1.165) is 11.0 Å². The lowest BCUT2D eigenvalue weighted by molar-refractivity contribution is 0.387. The van der Waals surface area contributed by atoms with Crippen molar-refractivity contribution in [2.24, 2.45) is 0 Å². The number of aryl methyl sites for hydroxylation is 1. The minimum Gasteiger partial charge on any atom is -0.342 e. The molecule has 1 fully saturated rings. The van der Waals surface area contributed by atoms with Crippen LogP contribution in [0.25, 0.3) is 0 Å². The van der Waals surface area contributed by atoms with Gasteiger partial charge in [0, 0.05) is 31.4 Å². The second-order valence-corrected chi connectivity index (χ2v) is 5.03. The zero-order valence-electron chi connectivity index (χ0n) is 9.75. The monoisotopic (exact) mass is 251 g/mol. The highest BCUT2D eigenvalue weighted by Crippen LogP contribution is 2.39. The number of anilines is 1. The molecule has 6 nitrogen and oxygen atoms in total. The maximum Gasteiger partial charge on any atom is 0.223 e. The third kappa shape index (κ3) is 2.28. The molecule has 1 aliphatic carbocycles. The minimum atomic E-state index is 0.587. The summed E-state index contributed by atoms with van der Waals surface area (Å²) in [7, 11) is 1.96. The summed E-state index contributed by atoms with van der Waals surface area (Å²) in [5.41, 5.74) is 0. The number of rotatable bonds is 4. The Morgan fingerprint density at radius 3 is 2.88 bits per heavy atom. The summed E-state index contributed by atoms with van der Waals surface area (Å²) in [5.74, 6) is 2.85. The summed E-state index contributed by atoms with van der Waals surface area (Å²) >= 11 is 1.43. The van der Waals surface area contributed by atoms with Gasteiger partial charge in [-0.05, 0) is 12.8 Å². The standard InChI is InChI=1S/C10H13N5OS/c1-6-11-8(13-16-6)5-15(2)10-12-9(14-17-10)7-3-4-7/h7H,3-5H2,1-2H3. The van der Waals surface area contributed by atoms with Crippen LogP contribution in [0.5, 0.6) is 0 Å². The average Bonchev–Trinajstić information content (AvgIpc) is 2.88. The van der Waals surface area contributed by atoms with Crippen molar-refractivity contribution in [3.63, 3.8) is 0 Å². The van der Waals surface area contributed by atoms with E-state index < -0.39 is 0 Å². The molecule has 0 saturated heterocycles. The second-order valence-electron chi connectivity index (χ2n) is 4.30. The molecule has 0 bridgehead atoms. The van der Waals surface area contributed by atoms with Crippen molar-refractivity contribution >= 4 is 16.7 Å². The van der Waals surface area contributed by atoms with Gasteiger partial charge in [-0.15, -0.1) is 0 Å². The maximum absolute atomic E-state index is 4.93. The molecule has 2 aromatic rings. The molecule has 0 atom stereocenters. The van der Waals surface area contributed by atoms with Crippen LogP contribution in [-0.2, 0) is 6.54 Å². The normalized spacial score (nSPS) is 15.2. The Morgan fingerprint density at radius 2 is 2.24 bits per heavy atom. The highest BCUT2D eigenvalue weighted by molar-refractivity contribution is 7.09. The smallest absolute Gasteiger partial charge is 0.223 e. The topological polar surface area (TPSA) is 67.9 Å². The van der Waals surface area contributed by atoms with E-state index in [-0.39, 0.29) is 0 Å². The van der Waals surface area contributed by atoms with E-state index in [0.29, 0.717) is 24.2 Å². The van der Waals surface area contributed by atoms with E-state index in [1.807, 2.05) is 11.9 Å². The molecule has 0 aliphatic heterocycles. The largest absolute Gasteiger partial charge is 0.342 e. The summed E-state index contributed by atoms with van der Waals surface area (Å²) in [4.78, 5) is 10.7. The van der Waals surface area contributed by atoms with Crippen LogP contribution < -0.4 is 4.90 Å². The molecule has 1 saturated carbocycles. The molecule has 7 heteroatoms. The van der Waals surface area contributed by atoms with Gasteiger partial charge in [-0.25, -0.2) is 4.98 Å². The fraction of sp³-hybridized carbons (Fsp3) is 0.600. The summed E-state index contributed by atoms with van der Waals surface area (Å²) in [6.45, 7) is 2.38. The maximum atomic E-state index is 4.93. The van der Waals surface area contributed by atoms with E-state index in [2.05, 4.69) is 19.5 Å². The zero-order chi connectivity index (χ0) is 11.8. The molecule has 0 N–H and O–H groups in total. The molecule has 3 rings (SSSR count). The Balaban J connectivity index is 1.69. The van der Waals surface area contributed by atoms with Crippen molar-refractivity contribution in [1.29, 1.82) is 0 Å².